The predicted molar refractivity (Wildman–Crippen MR) is 95.0 cm³/mol. The molecule has 7 unspecified atom stereocenters. The Hall–Kier alpha value is -0.150. The van der Waals surface area contributed by atoms with Crippen molar-refractivity contribution in [1.82, 2.24) is 4.90 Å². The van der Waals surface area contributed by atoms with Crippen LogP contribution in [0.1, 0.15) is 57.8 Å². The summed E-state index contributed by atoms with van der Waals surface area (Å²) in [5, 5.41) is -0.276. The Labute approximate surface area is 150 Å². The molecule has 1 saturated heterocycles. The van der Waals surface area contributed by atoms with Crippen LogP contribution in [0.3, 0.4) is 0 Å². The standard InChI is InChI=1S/C20H31ClFNO/c21-18-10-15(3-5-19(18)22)14-4-6-20-17(9-14)16(7-8-24)12-23(20)11-13-1-2-13/h8,13-20H,1-7,9-12H2. The molecule has 0 spiro atoms. The van der Waals surface area contributed by atoms with Gasteiger partial charge in [0.1, 0.15) is 12.5 Å². The van der Waals surface area contributed by atoms with Crippen LogP contribution in [0.4, 0.5) is 4.39 Å². The Morgan fingerprint density at radius 2 is 1.79 bits per heavy atom. The average Bonchev–Trinajstić information content (AvgIpc) is 3.33. The number of carbonyl (C=O) groups is 1. The zero-order chi connectivity index (χ0) is 16.7. The maximum Gasteiger partial charge on any atom is 0.120 e. The van der Waals surface area contributed by atoms with Crippen molar-refractivity contribution in [3.8, 4) is 0 Å². The molecule has 0 aromatic heterocycles. The summed E-state index contributed by atoms with van der Waals surface area (Å²) < 4.78 is 13.7. The van der Waals surface area contributed by atoms with Gasteiger partial charge < -0.3 is 4.79 Å². The van der Waals surface area contributed by atoms with E-state index in [4.69, 9.17) is 11.6 Å². The molecule has 0 aromatic rings. The van der Waals surface area contributed by atoms with Crippen molar-refractivity contribution in [2.24, 2.45) is 29.6 Å². The molecule has 3 saturated carbocycles. The maximum atomic E-state index is 13.7. The highest BCUT2D eigenvalue weighted by Gasteiger charge is 2.47. The van der Waals surface area contributed by atoms with Crippen LogP contribution in [0.25, 0.3) is 0 Å². The highest BCUT2D eigenvalue weighted by atomic mass is 35.5. The molecule has 136 valence electrons. The van der Waals surface area contributed by atoms with E-state index < -0.39 is 6.17 Å². The number of nitrogens with zero attached hydrogens (tertiary/aromatic N) is 1. The molecular formula is C20H31ClFNO. The van der Waals surface area contributed by atoms with E-state index in [9.17, 15) is 9.18 Å². The molecule has 0 N–H and O–H groups in total. The molecule has 0 aromatic carbocycles. The smallest absolute Gasteiger partial charge is 0.120 e. The Bertz CT molecular complexity index is 457. The third-order valence-corrected chi connectivity index (χ3v) is 7.89. The number of fused-ring (bicyclic) bond motifs is 1. The van der Waals surface area contributed by atoms with Gasteiger partial charge >= 0.3 is 0 Å². The van der Waals surface area contributed by atoms with Crippen LogP contribution in [0.2, 0.25) is 0 Å². The molecule has 24 heavy (non-hydrogen) atoms. The second-order valence-corrected chi connectivity index (χ2v) is 9.53. The number of likely N-dealkylation sites (tertiary alicyclic amines) is 1. The minimum atomic E-state index is -0.803. The lowest BCUT2D eigenvalue weighted by Gasteiger charge is -2.42. The fourth-order valence-corrected chi connectivity index (χ4v) is 6.29. The third kappa shape index (κ3) is 3.53. The minimum absolute atomic E-state index is 0.276. The van der Waals surface area contributed by atoms with Gasteiger partial charge in [-0.15, -0.1) is 11.6 Å². The Morgan fingerprint density at radius 3 is 2.50 bits per heavy atom. The van der Waals surface area contributed by atoms with Gasteiger partial charge in [-0.2, -0.15) is 0 Å². The number of hydrogen-bond acceptors (Lipinski definition) is 2. The topological polar surface area (TPSA) is 20.3 Å². The Kier molecular flexibility index (Phi) is 5.20. The van der Waals surface area contributed by atoms with Crippen molar-refractivity contribution in [1.29, 1.82) is 0 Å². The van der Waals surface area contributed by atoms with Crippen LogP contribution in [0.5, 0.6) is 0 Å². The summed E-state index contributed by atoms with van der Waals surface area (Å²) >= 11 is 6.23. The van der Waals surface area contributed by atoms with Crippen LogP contribution >= 0.6 is 11.6 Å². The van der Waals surface area contributed by atoms with E-state index in [1.54, 1.807) is 0 Å². The number of alkyl halides is 2. The molecule has 4 heteroatoms. The molecule has 0 amide bonds. The normalized spacial score (nSPS) is 46.7. The fourth-order valence-electron chi connectivity index (χ4n) is 5.94. The Morgan fingerprint density at radius 1 is 1.04 bits per heavy atom. The van der Waals surface area contributed by atoms with Crippen LogP contribution in [-0.2, 0) is 4.79 Å². The first kappa shape index (κ1) is 17.3. The first-order valence-corrected chi connectivity index (χ1v) is 10.5. The number of halogens is 2. The summed E-state index contributed by atoms with van der Waals surface area (Å²) in [6.45, 7) is 2.39. The fraction of sp³-hybridized carbons (Fsp3) is 0.950. The highest BCUT2D eigenvalue weighted by Crippen LogP contribution is 2.49. The molecule has 4 rings (SSSR count). The SMILES string of the molecule is O=CCC1CN(CC2CC2)C2CCC(C3CCC(F)C(Cl)C3)CC12. The van der Waals surface area contributed by atoms with Gasteiger partial charge in [0.25, 0.3) is 0 Å². The zero-order valence-corrected chi connectivity index (χ0v) is 15.3. The third-order valence-electron chi connectivity index (χ3n) is 7.43. The summed E-state index contributed by atoms with van der Waals surface area (Å²) in [6.07, 6.45) is 10.2. The molecule has 7 atom stereocenters. The van der Waals surface area contributed by atoms with E-state index >= 15 is 0 Å². The van der Waals surface area contributed by atoms with Crippen LogP contribution < -0.4 is 0 Å². The molecule has 3 aliphatic carbocycles. The summed E-state index contributed by atoms with van der Waals surface area (Å²) in [5.74, 6) is 3.47. The minimum Gasteiger partial charge on any atom is -0.303 e. The summed E-state index contributed by atoms with van der Waals surface area (Å²) in [6, 6.07) is 0.705. The van der Waals surface area contributed by atoms with Crippen molar-refractivity contribution in [3.63, 3.8) is 0 Å². The molecule has 0 radical (unpaired) electrons. The number of hydrogen-bond donors (Lipinski definition) is 0. The van der Waals surface area contributed by atoms with Gasteiger partial charge in [-0.1, -0.05) is 0 Å². The van der Waals surface area contributed by atoms with Crippen molar-refractivity contribution >= 4 is 17.9 Å². The van der Waals surface area contributed by atoms with E-state index in [-0.39, 0.29) is 5.38 Å². The highest BCUT2D eigenvalue weighted by molar-refractivity contribution is 6.21. The van der Waals surface area contributed by atoms with E-state index in [1.165, 1.54) is 38.6 Å². The average molecular weight is 356 g/mol. The zero-order valence-electron chi connectivity index (χ0n) is 14.6. The van der Waals surface area contributed by atoms with E-state index in [1.807, 2.05) is 0 Å². The number of aldehydes is 1. The van der Waals surface area contributed by atoms with Crippen molar-refractivity contribution in [2.45, 2.75) is 75.4 Å². The molecule has 1 heterocycles. The van der Waals surface area contributed by atoms with Gasteiger partial charge in [-0.05, 0) is 81.0 Å². The quantitative estimate of drug-likeness (QED) is 0.536. The van der Waals surface area contributed by atoms with E-state index in [0.717, 1.165) is 38.0 Å². The molecule has 2 nitrogen and oxygen atoms in total. The van der Waals surface area contributed by atoms with Gasteiger partial charge in [0.15, 0.2) is 0 Å². The van der Waals surface area contributed by atoms with Crippen molar-refractivity contribution < 1.29 is 9.18 Å². The molecular weight excluding hydrogens is 325 g/mol. The number of carbonyl (C=O) groups excluding carboxylic acids is 1. The largest absolute Gasteiger partial charge is 0.303 e. The second kappa shape index (κ2) is 7.23. The van der Waals surface area contributed by atoms with E-state index in [0.29, 0.717) is 36.1 Å². The van der Waals surface area contributed by atoms with Crippen molar-refractivity contribution in [3.05, 3.63) is 0 Å². The Balaban J connectivity index is 1.41. The van der Waals surface area contributed by atoms with Gasteiger partial charge in [-0.25, -0.2) is 4.39 Å². The van der Waals surface area contributed by atoms with Crippen LogP contribution in [-0.4, -0.2) is 41.9 Å². The number of rotatable bonds is 5. The lowest BCUT2D eigenvalue weighted by Crippen LogP contribution is -2.41. The lowest BCUT2D eigenvalue weighted by atomic mass is 9.66. The summed E-state index contributed by atoms with van der Waals surface area (Å²) in [7, 11) is 0. The molecule has 0 bridgehead atoms. The van der Waals surface area contributed by atoms with Gasteiger partial charge in [0.05, 0.1) is 5.38 Å². The monoisotopic (exact) mass is 355 g/mol. The molecule has 4 aliphatic rings. The molecule has 1 aliphatic heterocycles. The van der Waals surface area contributed by atoms with Crippen LogP contribution in [0.15, 0.2) is 0 Å². The maximum absolute atomic E-state index is 13.7. The first-order valence-electron chi connectivity index (χ1n) is 10.1. The lowest BCUT2D eigenvalue weighted by molar-refractivity contribution is -0.108. The second-order valence-electron chi connectivity index (χ2n) is 8.97. The van der Waals surface area contributed by atoms with Crippen LogP contribution in [0, 0.1) is 29.6 Å². The predicted octanol–water partition coefficient (Wildman–Crippen LogP) is 4.45. The van der Waals surface area contributed by atoms with Gasteiger partial charge in [0, 0.05) is 25.6 Å². The first-order chi connectivity index (χ1) is 11.7. The van der Waals surface area contributed by atoms with Crippen molar-refractivity contribution in [2.75, 3.05) is 13.1 Å². The van der Waals surface area contributed by atoms with Gasteiger partial charge in [0.2, 0.25) is 0 Å². The molecule has 4 fully saturated rings. The van der Waals surface area contributed by atoms with Gasteiger partial charge in [-0.3, -0.25) is 4.90 Å². The van der Waals surface area contributed by atoms with E-state index in [2.05, 4.69) is 4.90 Å². The summed E-state index contributed by atoms with van der Waals surface area (Å²) in [5.41, 5.74) is 0. The summed E-state index contributed by atoms with van der Waals surface area (Å²) in [4.78, 5) is 13.9.